The molecule has 7 nitrogen and oxygen atoms in total. The maximum atomic E-state index is 12.9. The number of carbonyl (C=O) groups is 1. The van der Waals surface area contributed by atoms with E-state index in [-0.39, 0.29) is 12.3 Å². The summed E-state index contributed by atoms with van der Waals surface area (Å²) in [6.45, 7) is 3.35. The SMILES string of the molecule is CNc1nc(C2CCCN(C)C2)nc2c1CN(C(=O)CC1(O)CCCCC1)CC2. The third-order valence-electron chi connectivity index (χ3n) is 6.92. The van der Waals surface area contributed by atoms with E-state index in [4.69, 9.17) is 9.97 Å². The lowest BCUT2D eigenvalue weighted by molar-refractivity contribution is -0.138. The Balaban J connectivity index is 1.49. The summed E-state index contributed by atoms with van der Waals surface area (Å²) in [5, 5.41) is 14.0. The minimum absolute atomic E-state index is 0.0556. The van der Waals surface area contributed by atoms with Gasteiger partial charge in [-0.3, -0.25) is 4.79 Å². The molecular formula is C22H35N5O2. The quantitative estimate of drug-likeness (QED) is 0.806. The molecule has 0 spiro atoms. The molecule has 160 valence electrons. The van der Waals surface area contributed by atoms with E-state index in [1.807, 2.05) is 11.9 Å². The lowest BCUT2D eigenvalue weighted by Gasteiger charge is -2.36. The summed E-state index contributed by atoms with van der Waals surface area (Å²) in [4.78, 5) is 27.0. The van der Waals surface area contributed by atoms with Crippen molar-refractivity contribution >= 4 is 11.7 Å². The smallest absolute Gasteiger partial charge is 0.225 e. The molecule has 1 saturated carbocycles. The van der Waals surface area contributed by atoms with Gasteiger partial charge in [0.05, 0.1) is 24.3 Å². The predicted octanol–water partition coefficient (Wildman–Crippen LogP) is 2.30. The van der Waals surface area contributed by atoms with E-state index in [2.05, 4.69) is 17.3 Å². The second-order valence-corrected chi connectivity index (χ2v) is 9.23. The van der Waals surface area contributed by atoms with Crippen LogP contribution < -0.4 is 5.32 Å². The molecule has 2 aliphatic heterocycles. The molecule has 2 fully saturated rings. The number of hydrogen-bond acceptors (Lipinski definition) is 6. The number of rotatable bonds is 4. The number of hydrogen-bond donors (Lipinski definition) is 2. The highest BCUT2D eigenvalue weighted by atomic mass is 16.3. The molecule has 0 aromatic carbocycles. The molecule has 1 saturated heterocycles. The standard InChI is InChI=1S/C22H35N5O2/c1-23-21-17-15-27(19(28)13-22(29)9-4-3-5-10-22)12-8-18(17)24-20(25-21)16-7-6-11-26(2)14-16/h16,29H,3-15H2,1-2H3,(H,23,24,25). The Morgan fingerprint density at radius 1 is 1.21 bits per heavy atom. The molecule has 0 bridgehead atoms. The van der Waals surface area contributed by atoms with E-state index in [0.717, 1.165) is 80.9 Å². The zero-order valence-corrected chi connectivity index (χ0v) is 17.9. The van der Waals surface area contributed by atoms with Crippen LogP contribution >= 0.6 is 0 Å². The van der Waals surface area contributed by atoms with Crippen molar-refractivity contribution in [2.45, 2.75) is 75.9 Å². The van der Waals surface area contributed by atoms with Gasteiger partial charge in [-0.15, -0.1) is 0 Å². The van der Waals surface area contributed by atoms with Crippen molar-refractivity contribution in [3.05, 3.63) is 17.1 Å². The number of aromatic nitrogens is 2. The van der Waals surface area contributed by atoms with Crippen LogP contribution in [0.1, 0.15) is 74.4 Å². The highest BCUT2D eigenvalue weighted by molar-refractivity contribution is 5.78. The number of amides is 1. The first-order valence-electron chi connectivity index (χ1n) is 11.2. The monoisotopic (exact) mass is 401 g/mol. The highest BCUT2D eigenvalue weighted by Gasteiger charge is 2.35. The van der Waals surface area contributed by atoms with Crippen LogP contribution in [0.2, 0.25) is 0 Å². The number of aliphatic hydroxyl groups is 1. The Kier molecular flexibility index (Phi) is 6.06. The van der Waals surface area contributed by atoms with Crippen LogP contribution in [-0.4, -0.2) is 70.1 Å². The zero-order valence-electron chi connectivity index (χ0n) is 17.9. The Bertz CT molecular complexity index is 730. The maximum absolute atomic E-state index is 12.9. The van der Waals surface area contributed by atoms with Gasteiger partial charge in [0.15, 0.2) is 0 Å². The molecule has 1 aromatic heterocycles. The lowest BCUT2D eigenvalue weighted by atomic mass is 9.82. The van der Waals surface area contributed by atoms with E-state index in [1.54, 1.807) is 0 Å². The van der Waals surface area contributed by atoms with Gasteiger partial charge in [0.2, 0.25) is 5.91 Å². The number of anilines is 1. The summed E-state index contributed by atoms with van der Waals surface area (Å²) in [7, 11) is 4.05. The van der Waals surface area contributed by atoms with Gasteiger partial charge < -0.3 is 20.2 Å². The average Bonchev–Trinajstić information content (AvgIpc) is 2.72. The number of nitrogens with zero attached hydrogens (tertiary/aromatic N) is 4. The van der Waals surface area contributed by atoms with E-state index in [9.17, 15) is 9.90 Å². The second kappa shape index (κ2) is 8.56. The summed E-state index contributed by atoms with van der Waals surface area (Å²) >= 11 is 0. The van der Waals surface area contributed by atoms with Crippen LogP contribution in [0.5, 0.6) is 0 Å². The maximum Gasteiger partial charge on any atom is 0.225 e. The largest absolute Gasteiger partial charge is 0.389 e. The first-order chi connectivity index (χ1) is 14.0. The molecule has 29 heavy (non-hydrogen) atoms. The van der Waals surface area contributed by atoms with Gasteiger partial charge >= 0.3 is 0 Å². The normalized spacial score (nSPS) is 24.8. The second-order valence-electron chi connectivity index (χ2n) is 9.23. The number of fused-ring (bicyclic) bond motifs is 1. The molecule has 1 aliphatic carbocycles. The van der Waals surface area contributed by atoms with Gasteiger partial charge in [-0.05, 0) is 39.3 Å². The molecular weight excluding hydrogens is 366 g/mol. The summed E-state index contributed by atoms with van der Waals surface area (Å²) < 4.78 is 0. The summed E-state index contributed by atoms with van der Waals surface area (Å²) in [6, 6.07) is 0. The van der Waals surface area contributed by atoms with E-state index >= 15 is 0 Å². The van der Waals surface area contributed by atoms with Crippen molar-refractivity contribution in [1.29, 1.82) is 0 Å². The predicted molar refractivity (Wildman–Crippen MR) is 113 cm³/mol. The van der Waals surface area contributed by atoms with Gasteiger partial charge in [0.25, 0.3) is 0 Å². The van der Waals surface area contributed by atoms with Gasteiger partial charge in [0, 0.05) is 38.0 Å². The fourth-order valence-electron chi connectivity index (χ4n) is 5.19. The summed E-state index contributed by atoms with van der Waals surface area (Å²) in [5.74, 6) is 2.23. The van der Waals surface area contributed by atoms with Gasteiger partial charge in [0.1, 0.15) is 11.6 Å². The third kappa shape index (κ3) is 4.56. The molecule has 2 N–H and O–H groups in total. The molecule has 4 rings (SSSR count). The molecule has 1 unspecified atom stereocenters. The number of nitrogens with one attached hydrogen (secondary N) is 1. The van der Waals surface area contributed by atoms with Crippen LogP contribution in [-0.2, 0) is 17.8 Å². The molecule has 1 aromatic rings. The minimum atomic E-state index is -0.811. The van der Waals surface area contributed by atoms with Crippen molar-refractivity contribution in [1.82, 2.24) is 19.8 Å². The summed E-state index contributed by atoms with van der Waals surface area (Å²) in [5.41, 5.74) is 1.30. The first-order valence-corrected chi connectivity index (χ1v) is 11.2. The topological polar surface area (TPSA) is 81.6 Å². The molecule has 3 heterocycles. The molecule has 1 amide bonds. The minimum Gasteiger partial charge on any atom is -0.389 e. The summed E-state index contributed by atoms with van der Waals surface area (Å²) in [6.07, 6.45) is 8.00. The van der Waals surface area contributed by atoms with Crippen molar-refractivity contribution in [3.63, 3.8) is 0 Å². The van der Waals surface area contributed by atoms with Crippen LogP contribution in [0.4, 0.5) is 5.82 Å². The molecule has 1 atom stereocenters. The molecule has 0 radical (unpaired) electrons. The lowest BCUT2D eigenvalue weighted by Crippen LogP contribution is -2.43. The Morgan fingerprint density at radius 3 is 2.72 bits per heavy atom. The fourth-order valence-corrected chi connectivity index (χ4v) is 5.19. The van der Waals surface area contributed by atoms with Gasteiger partial charge in [-0.2, -0.15) is 0 Å². The van der Waals surface area contributed by atoms with Crippen molar-refractivity contribution in [2.24, 2.45) is 0 Å². The fraction of sp³-hybridized carbons (Fsp3) is 0.773. The average molecular weight is 402 g/mol. The van der Waals surface area contributed by atoms with Crippen LogP contribution in [0, 0.1) is 0 Å². The van der Waals surface area contributed by atoms with Crippen LogP contribution in [0.3, 0.4) is 0 Å². The van der Waals surface area contributed by atoms with Gasteiger partial charge in [-0.1, -0.05) is 19.3 Å². The van der Waals surface area contributed by atoms with Crippen molar-refractivity contribution in [2.75, 3.05) is 39.0 Å². The van der Waals surface area contributed by atoms with E-state index in [0.29, 0.717) is 19.0 Å². The zero-order chi connectivity index (χ0) is 20.4. The Hall–Kier alpha value is -1.73. The molecule has 7 heteroatoms. The van der Waals surface area contributed by atoms with E-state index < -0.39 is 5.60 Å². The van der Waals surface area contributed by atoms with Crippen LogP contribution in [0.15, 0.2) is 0 Å². The Morgan fingerprint density at radius 2 is 2.00 bits per heavy atom. The first kappa shape index (κ1) is 20.5. The van der Waals surface area contributed by atoms with Crippen molar-refractivity contribution < 1.29 is 9.90 Å². The Labute approximate surface area is 173 Å². The number of piperidine rings is 1. The van der Waals surface area contributed by atoms with Gasteiger partial charge in [-0.25, -0.2) is 9.97 Å². The number of likely N-dealkylation sites (tertiary alicyclic amines) is 1. The van der Waals surface area contributed by atoms with Crippen molar-refractivity contribution in [3.8, 4) is 0 Å². The van der Waals surface area contributed by atoms with E-state index in [1.165, 1.54) is 6.42 Å². The number of carbonyl (C=O) groups excluding carboxylic acids is 1. The highest BCUT2D eigenvalue weighted by Crippen LogP contribution is 2.33. The number of likely N-dealkylation sites (N-methyl/N-ethyl adjacent to an activating group) is 1. The third-order valence-corrected chi connectivity index (χ3v) is 6.92. The molecule has 3 aliphatic rings. The van der Waals surface area contributed by atoms with Crippen LogP contribution in [0.25, 0.3) is 0 Å².